The molecule has 0 aromatic heterocycles. The first-order chi connectivity index (χ1) is 9.88. The number of hydrogen-bond acceptors (Lipinski definition) is 2. The second-order valence-electron chi connectivity index (χ2n) is 7.42. The first-order valence-electron chi connectivity index (χ1n) is 9.35. The summed E-state index contributed by atoms with van der Waals surface area (Å²) in [6.45, 7) is 1.37. The highest BCUT2D eigenvalue weighted by atomic mass is 15.4. The summed E-state index contributed by atoms with van der Waals surface area (Å²) in [5, 5.41) is 0. The molecule has 2 heterocycles. The molecule has 0 N–H and O–H groups in total. The van der Waals surface area contributed by atoms with Crippen LogP contribution in [0.25, 0.3) is 0 Å². The molecular formula is C18H34N2. The standard InChI is InChI=1S/C18H34N2/c1-19-16-12-8-4-2-3-5-9-13-17(16)20-15-11-7-6-10-14-18(19)20/h16-18H,2-15H2,1H3. The third-order valence-electron chi connectivity index (χ3n) is 6.12. The van der Waals surface area contributed by atoms with Gasteiger partial charge in [0.15, 0.2) is 0 Å². The Morgan fingerprint density at radius 1 is 0.600 bits per heavy atom. The minimum atomic E-state index is 0.769. The van der Waals surface area contributed by atoms with Gasteiger partial charge in [-0.15, -0.1) is 0 Å². The summed E-state index contributed by atoms with van der Waals surface area (Å²) in [4.78, 5) is 5.70. The Morgan fingerprint density at radius 2 is 1.15 bits per heavy atom. The predicted octanol–water partition coefficient (Wildman–Crippen LogP) is 4.40. The SMILES string of the molecule is CN1C2CCCCCCCCC2N2CCCCCCC12. The summed E-state index contributed by atoms with van der Waals surface area (Å²) in [6, 6.07) is 1.73. The molecule has 0 aromatic rings. The van der Waals surface area contributed by atoms with Crippen molar-refractivity contribution in [2.24, 2.45) is 0 Å². The first-order valence-corrected chi connectivity index (χ1v) is 9.35. The predicted molar refractivity (Wildman–Crippen MR) is 85.9 cm³/mol. The van der Waals surface area contributed by atoms with E-state index in [1.165, 1.54) is 90.0 Å². The highest BCUT2D eigenvalue weighted by Gasteiger charge is 2.43. The van der Waals surface area contributed by atoms with Crippen molar-refractivity contribution in [1.82, 2.24) is 9.80 Å². The average Bonchev–Trinajstić information content (AvgIpc) is 2.66. The Kier molecular flexibility index (Phi) is 5.39. The zero-order valence-corrected chi connectivity index (χ0v) is 13.5. The Bertz CT molecular complexity index is 291. The van der Waals surface area contributed by atoms with Crippen molar-refractivity contribution in [2.75, 3.05) is 13.6 Å². The van der Waals surface area contributed by atoms with Crippen molar-refractivity contribution in [3.63, 3.8) is 0 Å². The van der Waals surface area contributed by atoms with E-state index in [9.17, 15) is 0 Å². The minimum Gasteiger partial charge on any atom is -0.286 e. The van der Waals surface area contributed by atoms with Crippen LogP contribution in [0.15, 0.2) is 0 Å². The molecule has 116 valence electrons. The van der Waals surface area contributed by atoms with Crippen molar-refractivity contribution >= 4 is 0 Å². The molecule has 0 amide bonds. The van der Waals surface area contributed by atoms with Gasteiger partial charge < -0.3 is 0 Å². The van der Waals surface area contributed by atoms with Crippen LogP contribution in [0.1, 0.15) is 83.5 Å². The molecule has 0 radical (unpaired) electrons. The topological polar surface area (TPSA) is 6.48 Å². The van der Waals surface area contributed by atoms with Gasteiger partial charge in [0.05, 0.1) is 6.17 Å². The van der Waals surface area contributed by atoms with Gasteiger partial charge in [-0.3, -0.25) is 9.80 Å². The zero-order chi connectivity index (χ0) is 13.8. The summed E-state index contributed by atoms with van der Waals surface area (Å²) in [6.07, 6.45) is 19.8. The second kappa shape index (κ2) is 7.26. The van der Waals surface area contributed by atoms with Crippen molar-refractivity contribution in [1.29, 1.82) is 0 Å². The van der Waals surface area contributed by atoms with Gasteiger partial charge >= 0.3 is 0 Å². The fourth-order valence-corrected chi connectivity index (χ4v) is 5.00. The molecule has 2 saturated heterocycles. The fraction of sp³-hybridized carbons (Fsp3) is 1.00. The van der Waals surface area contributed by atoms with Crippen LogP contribution in [0.3, 0.4) is 0 Å². The van der Waals surface area contributed by atoms with E-state index in [0.717, 1.165) is 18.2 Å². The monoisotopic (exact) mass is 278 g/mol. The van der Waals surface area contributed by atoms with Gasteiger partial charge in [-0.25, -0.2) is 0 Å². The highest BCUT2D eigenvalue weighted by Crippen LogP contribution is 2.36. The smallest absolute Gasteiger partial charge is 0.0625 e. The number of likely N-dealkylation sites (N-methyl/N-ethyl adjacent to an activating group) is 1. The lowest BCUT2D eigenvalue weighted by Gasteiger charge is -2.32. The number of hydrogen-bond donors (Lipinski definition) is 0. The van der Waals surface area contributed by atoms with E-state index in [4.69, 9.17) is 0 Å². The second-order valence-corrected chi connectivity index (χ2v) is 7.42. The molecule has 3 aliphatic rings. The van der Waals surface area contributed by atoms with Gasteiger partial charge in [-0.1, -0.05) is 57.8 Å². The van der Waals surface area contributed by atoms with Crippen LogP contribution in [-0.2, 0) is 0 Å². The summed E-state index contributed by atoms with van der Waals surface area (Å²) in [5.74, 6) is 0. The Balaban J connectivity index is 1.73. The molecule has 1 aliphatic carbocycles. The molecule has 3 unspecified atom stereocenters. The number of fused-ring (bicyclic) bond motifs is 3. The summed E-state index contributed by atoms with van der Waals surface area (Å²) in [5.41, 5.74) is 0. The fourth-order valence-electron chi connectivity index (χ4n) is 5.00. The average molecular weight is 278 g/mol. The number of nitrogens with zero attached hydrogens (tertiary/aromatic N) is 2. The van der Waals surface area contributed by atoms with E-state index >= 15 is 0 Å². The number of rotatable bonds is 0. The Labute approximate surface area is 125 Å². The Hall–Kier alpha value is -0.0800. The molecule has 3 atom stereocenters. The van der Waals surface area contributed by atoms with Crippen molar-refractivity contribution in [3.8, 4) is 0 Å². The summed E-state index contributed by atoms with van der Waals surface area (Å²) >= 11 is 0. The summed E-state index contributed by atoms with van der Waals surface area (Å²) in [7, 11) is 2.43. The lowest BCUT2D eigenvalue weighted by molar-refractivity contribution is 0.109. The van der Waals surface area contributed by atoms with Crippen molar-refractivity contribution < 1.29 is 0 Å². The minimum absolute atomic E-state index is 0.769. The van der Waals surface area contributed by atoms with Gasteiger partial charge in [0.2, 0.25) is 0 Å². The quantitative estimate of drug-likeness (QED) is 0.648. The van der Waals surface area contributed by atoms with Gasteiger partial charge in [0.1, 0.15) is 0 Å². The maximum Gasteiger partial charge on any atom is 0.0625 e. The maximum atomic E-state index is 2.92. The lowest BCUT2D eigenvalue weighted by atomic mass is 9.93. The van der Waals surface area contributed by atoms with E-state index in [-0.39, 0.29) is 0 Å². The van der Waals surface area contributed by atoms with E-state index in [0.29, 0.717) is 0 Å². The Morgan fingerprint density at radius 3 is 1.90 bits per heavy atom. The molecule has 2 aliphatic heterocycles. The lowest BCUT2D eigenvalue weighted by Crippen LogP contribution is -2.41. The molecule has 0 spiro atoms. The van der Waals surface area contributed by atoms with Gasteiger partial charge in [-0.05, 0) is 39.3 Å². The van der Waals surface area contributed by atoms with Crippen LogP contribution < -0.4 is 0 Å². The largest absolute Gasteiger partial charge is 0.286 e. The third kappa shape index (κ3) is 3.22. The molecule has 20 heavy (non-hydrogen) atoms. The zero-order valence-electron chi connectivity index (χ0n) is 13.5. The van der Waals surface area contributed by atoms with E-state index in [1.807, 2.05) is 0 Å². The van der Waals surface area contributed by atoms with Crippen LogP contribution >= 0.6 is 0 Å². The first kappa shape index (κ1) is 14.8. The van der Waals surface area contributed by atoms with Crippen LogP contribution in [-0.4, -0.2) is 41.6 Å². The molecule has 0 aromatic carbocycles. The molecule has 1 saturated carbocycles. The molecule has 3 fully saturated rings. The van der Waals surface area contributed by atoms with Crippen LogP contribution in [0.5, 0.6) is 0 Å². The van der Waals surface area contributed by atoms with Crippen LogP contribution in [0.4, 0.5) is 0 Å². The molecule has 2 nitrogen and oxygen atoms in total. The third-order valence-corrected chi connectivity index (χ3v) is 6.12. The summed E-state index contributed by atoms with van der Waals surface area (Å²) < 4.78 is 0. The van der Waals surface area contributed by atoms with Gasteiger partial charge in [0, 0.05) is 12.1 Å². The van der Waals surface area contributed by atoms with E-state index in [2.05, 4.69) is 16.8 Å². The van der Waals surface area contributed by atoms with Crippen LogP contribution in [0, 0.1) is 0 Å². The van der Waals surface area contributed by atoms with Crippen LogP contribution in [0.2, 0.25) is 0 Å². The van der Waals surface area contributed by atoms with E-state index < -0.39 is 0 Å². The van der Waals surface area contributed by atoms with E-state index in [1.54, 1.807) is 0 Å². The maximum absolute atomic E-state index is 2.92. The van der Waals surface area contributed by atoms with Crippen molar-refractivity contribution in [2.45, 2.75) is 102 Å². The van der Waals surface area contributed by atoms with Gasteiger partial charge in [-0.2, -0.15) is 0 Å². The van der Waals surface area contributed by atoms with Crippen molar-refractivity contribution in [3.05, 3.63) is 0 Å². The molecule has 3 rings (SSSR count). The molecule has 0 bridgehead atoms. The molecular weight excluding hydrogens is 244 g/mol. The highest BCUT2D eigenvalue weighted by molar-refractivity contribution is 4.97. The normalized spacial score (nSPS) is 38.5. The van der Waals surface area contributed by atoms with Gasteiger partial charge in [0.25, 0.3) is 0 Å². The molecule has 2 heteroatoms.